The summed E-state index contributed by atoms with van der Waals surface area (Å²) in [5.74, 6) is 0.183. The zero-order valence-electron chi connectivity index (χ0n) is 11.6. The van der Waals surface area contributed by atoms with Crippen molar-refractivity contribution >= 4 is 0 Å². The summed E-state index contributed by atoms with van der Waals surface area (Å²) in [6.45, 7) is 7.08. The molecule has 0 aromatic heterocycles. The van der Waals surface area contributed by atoms with Gasteiger partial charge in [-0.05, 0) is 24.3 Å². The molecule has 1 aromatic carbocycles. The number of nitrogens with two attached hydrogens (primary N) is 1. The van der Waals surface area contributed by atoms with E-state index in [-0.39, 0.29) is 0 Å². The molecule has 106 valence electrons. The van der Waals surface area contributed by atoms with Gasteiger partial charge in [0.05, 0.1) is 0 Å². The fraction of sp³-hybridized carbons (Fsp3) is 0.600. The molecule has 1 saturated heterocycles. The molecule has 2 nitrogen and oxygen atoms in total. The average Bonchev–Trinajstić information content (AvgIpc) is 2.26. The minimum absolute atomic E-state index is 0.396. The summed E-state index contributed by atoms with van der Waals surface area (Å²) in [5.41, 5.74) is 6.46. The summed E-state index contributed by atoms with van der Waals surface area (Å²) in [6.07, 6.45) is 1.23. The van der Waals surface area contributed by atoms with Crippen LogP contribution in [0.25, 0.3) is 0 Å². The molecule has 0 saturated carbocycles. The Hall–Kier alpha value is -1.00. The van der Waals surface area contributed by atoms with Gasteiger partial charge in [-0.15, -0.1) is 0 Å². The number of benzene rings is 1. The van der Waals surface area contributed by atoms with E-state index in [0.717, 1.165) is 19.2 Å². The summed E-state index contributed by atoms with van der Waals surface area (Å²) in [7, 11) is 0. The molecule has 1 heterocycles. The highest BCUT2D eigenvalue weighted by Crippen LogP contribution is 2.24. The number of likely N-dealkylation sites (tertiary alicyclic amines) is 1. The van der Waals surface area contributed by atoms with Crippen LogP contribution in [0.1, 0.15) is 31.9 Å². The Morgan fingerprint density at radius 3 is 2.47 bits per heavy atom. The van der Waals surface area contributed by atoms with Gasteiger partial charge in [-0.1, -0.05) is 19.9 Å². The van der Waals surface area contributed by atoms with Crippen molar-refractivity contribution in [2.75, 3.05) is 19.6 Å². The molecule has 4 heteroatoms. The first kappa shape index (κ1) is 14.4. The van der Waals surface area contributed by atoms with E-state index in [1.54, 1.807) is 0 Å². The molecule has 1 aliphatic heterocycles. The molecule has 19 heavy (non-hydrogen) atoms. The first-order valence-corrected chi connectivity index (χ1v) is 6.88. The van der Waals surface area contributed by atoms with Gasteiger partial charge in [-0.2, -0.15) is 0 Å². The molecule has 3 atom stereocenters. The Kier molecular flexibility index (Phi) is 4.53. The second kappa shape index (κ2) is 5.97. The maximum absolute atomic E-state index is 13.7. The second-order valence-corrected chi connectivity index (χ2v) is 5.94. The first-order valence-electron chi connectivity index (χ1n) is 6.88. The number of hydrogen-bond acceptors (Lipinski definition) is 2. The topological polar surface area (TPSA) is 29.3 Å². The van der Waals surface area contributed by atoms with Crippen molar-refractivity contribution in [2.24, 2.45) is 17.6 Å². The lowest BCUT2D eigenvalue weighted by Gasteiger charge is -2.36. The number of piperidine rings is 1. The Morgan fingerprint density at radius 1 is 1.26 bits per heavy atom. The standard InChI is InChI=1S/C15H22F2N2/c1-10-5-11(2)8-19(7-10)9-15(18)13-4-3-12(16)6-14(13)17/h3-4,6,10-11,15H,5,7-9,18H2,1-2H3. The number of hydrogen-bond donors (Lipinski definition) is 1. The molecule has 0 spiro atoms. The molecule has 0 amide bonds. The van der Waals surface area contributed by atoms with Crippen molar-refractivity contribution < 1.29 is 8.78 Å². The van der Waals surface area contributed by atoms with Crippen molar-refractivity contribution in [2.45, 2.75) is 26.3 Å². The van der Waals surface area contributed by atoms with E-state index in [1.807, 2.05) is 0 Å². The normalized spacial score (nSPS) is 26.4. The molecule has 0 aliphatic carbocycles. The van der Waals surface area contributed by atoms with Gasteiger partial charge >= 0.3 is 0 Å². The van der Waals surface area contributed by atoms with Crippen LogP contribution >= 0.6 is 0 Å². The third-order valence-electron chi connectivity index (χ3n) is 3.76. The SMILES string of the molecule is CC1CC(C)CN(CC(N)c2ccc(F)cc2F)C1. The van der Waals surface area contributed by atoms with Gasteiger partial charge in [-0.3, -0.25) is 0 Å². The van der Waals surface area contributed by atoms with Crippen molar-refractivity contribution in [3.63, 3.8) is 0 Å². The van der Waals surface area contributed by atoms with Crippen LogP contribution in [0.15, 0.2) is 18.2 Å². The molecule has 1 fully saturated rings. The van der Waals surface area contributed by atoms with Crippen LogP contribution in [0.4, 0.5) is 8.78 Å². The second-order valence-electron chi connectivity index (χ2n) is 5.94. The van der Waals surface area contributed by atoms with E-state index in [0.29, 0.717) is 23.9 Å². The van der Waals surface area contributed by atoms with Crippen LogP contribution in [0.3, 0.4) is 0 Å². The van der Waals surface area contributed by atoms with Crippen molar-refractivity contribution in [1.29, 1.82) is 0 Å². The Balaban J connectivity index is 2.02. The molecular weight excluding hydrogens is 246 g/mol. The van der Waals surface area contributed by atoms with Gasteiger partial charge in [0.1, 0.15) is 11.6 Å². The molecule has 2 N–H and O–H groups in total. The van der Waals surface area contributed by atoms with Gasteiger partial charge in [0.2, 0.25) is 0 Å². The predicted molar refractivity (Wildman–Crippen MR) is 72.7 cm³/mol. The van der Waals surface area contributed by atoms with E-state index >= 15 is 0 Å². The molecule has 3 unspecified atom stereocenters. The van der Waals surface area contributed by atoms with Crippen LogP contribution in [0.5, 0.6) is 0 Å². The van der Waals surface area contributed by atoms with Crippen molar-refractivity contribution in [1.82, 2.24) is 4.90 Å². The predicted octanol–water partition coefficient (Wildman–Crippen LogP) is 2.94. The lowest BCUT2D eigenvalue weighted by Crippen LogP contribution is -2.42. The largest absolute Gasteiger partial charge is 0.323 e. The highest BCUT2D eigenvalue weighted by molar-refractivity contribution is 5.22. The third kappa shape index (κ3) is 3.74. The highest BCUT2D eigenvalue weighted by atomic mass is 19.1. The average molecular weight is 268 g/mol. The maximum Gasteiger partial charge on any atom is 0.130 e. The Labute approximate surface area is 113 Å². The van der Waals surface area contributed by atoms with Gasteiger partial charge in [0, 0.05) is 37.3 Å². The van der Waals surface area contributed by atoms with Gasteiger partial charge in [-0.25, -0.2) is 8.78 Å². The van der Waals surface area contributed by atoms with E-state index < -0.39 is 17.7 Å². The number of nitrogens with zero attached hydrogens (tertiary/aromatic N) is 1. The van der Waals surface area contributed by atoms with Crippen LogP contribution in [-0.2, 0) is 0 Å². The molecule has 2 rings (SSSR count). The van der Waals surface area contributed by atoms with Crippen molar-refractivity contribution in [3.8, 4) is 0 Å². The van der Waals surface area contributed by atoms with E-state index in [9.17, 15) is 8.78 Å². The Bertz CT molecular complexity index is 426. The summed E-state index contributed by atoms with van der Waals surface area (Å²) in [4.78, 5) is 2.28. The molecule has 1 aliphatic rings. The first-order chi connectivity index (χ1) is 8.95. The van der Waals surface area contributed by atoms with E-state index in [2.05, 4.69) is 18.7 Å². The summed E-state index contributed by atoms with van der Waals surface area (Å²) >= 11 is 0. The quantitative estimate of drug-likeness (QED) is 0.913. The van der Waals surface area contributed by atoms with Gasteiger partial charge in [0.25, 0.3) is 0 Å². The summed E-state index contributed by atoms with van der Waals surface area (Å²) < 4.78 is 26.6. The summed E-state index contributed by atoms with van der Waals surface area (Å²) in [5, 5.41) is 0. The van der Waals surface area contributed by atoms with Crippen LogP contribution < -0.4 is 5.73 Å². The summed E-state index contributed by atoms with van der Waals surface area (Å²) in [6, 6.07) is 3.21. The zero-order chi connectivity index (χ0) is 14.0. The zero-order valence-corrected chi connectivity index (χ0v) is 11.6. The smallest absolute Gasteiger partial charge is 0.130 e. The van der Waals surface area contributed by atoms with E-state index in [1.165, 1.54) is 18.6 Å². The minimum Gasteiger partial charge on any atom is -0.323 e. The van der Waals surface area contributed by atoms with E-state index in [4.69, 9.17) is 5.73 Å². The molecule has 1 aromatic rings. The van der Waals surface area contributed by atoms with Crippen molar-refractivity contribution in [3.05, 3.63) is 35.4 Å². The molecule has 0 radical (unpaired) electrons. The molecule has 0 bridgehead atoms. The highest BCUT2D eigenvalue weighted by Gasteiger charge is 2.24. The monoisotopic (exact) mass is 268 g/mol. The van der Waals surface area contributed by atoms with Gasteiger partial charge < -0.3 is 10.6 Å². The maximum atomic E-state index is 13.7. The fourth-order valence-electron chi connectivity index (χ4n) is 3.12. The lowest BCUT2D eigenvalue weighted by molar-refractivity contribution is 0.133. The van der Waals surface area contributed by atoms with Crippen LogP contribution in [0, 0.1) is 23.5 Å². The number of halogens is 2. The fourth-order valence-corrected chi connectivity index (χ4v) is 3.12. The molecular formula is C15H22F2N2. The van der Waals surface area contributed by atoms with Crippen LogP contribution in [-0.4, -0.2) is 24.5 Å². The van der Waals surface area contributed by atoms with Crippen LogP contribution in [0.2, 0.25) is 0 Å². The minimum atomic E-state index is -0.561. The van der Waals surface area contributed by atoms with Gasteiger partial charge in [0.15, 0.2) is 0 Å². The third-order valence-corrected chi connectivity index (χ3v) is 3.76. The Morgan fingerprint density at radius 2 is 1.89 bits per heavy atom. The lowest BCUT2D eigenvalue weighted by atomic mass is 9.91. The number of rotatable bonds is 3.